The third kappa shape index (κ3) is 1.96. The van der Waals surface area contributed by atoms with Crippen molar-refractivity contribution in [2.24, 2.45) is 17.8 Å². The molecule has 5 heteroatoms. The zero-order valence-electron chi connectivity index (χ0n) is 11.9. The lowest BCUT2D eigenvalue weighted by atomic mass is 9.89. The summed E-state index contributed by atoms with van der Waals surface area (Å²) in [6, 6.07) is 4.00. The molecule has 0 aliphatic heterocycles. The smallest absolute Gasteiger partial charge is 0.178 e. The summed E-state index contributed by atoms with van der Waals surface area (Å²) in [4.78, 5) is 0. The minimum Gasteiger partial charge on any atom is -0.368 e. The van der Waals surface area contributed by atoms with E-state index in [1.165, 1.54) is 25.7 Å². The van der Waals surface area contributed by atoms with Crippen molar-refractivity contribution in [1.29, 1.82) is 0 Å². The molecule has 2 aliphatic rings. The maximum Gasteiger partial charge on any atom is 0.178 e. The van der Waals surface area contributed by atoms with E-state index in [0.29, 0.717) is 0 Å². The third-order valence-corrected chi connectivity index (χ3v) is 5.07. The van der Waals surface area contributed by atoms with E-state index in [1.54, 1.807) is 0 Å². The molecule has 106 valence electrons. The summed E-state index contributed by atoms with van der Waals surface area (Å²) in [7, 11) is 0. The highest BCUT2D eigenvalue weighted by Crippen LogP contribution is 2.48. The Morgan fingerprint density at radius 2 is 2.20 bits per heavy atom. The van der Waals surface area contributed by atoms with Crippen LogP contribution in [0, 0.1) is 17.8 Å². The second-order valence-corrected chi connectivity index (χ2v) is 6.27. The van der Waals surface area contributed by atoms with Gasteiger partial charge in [0.05, 0.1) is 0 Å². The van der Waals surface area contributed by atoms with Crippen LogP contribution in [-0.2, 0) is 6.42 Å². The van der Waals surface area contributed by atoms with Crippen molar-refractivity contribution in [3.05, 3.63) is 18.0 Å². The van der Waals surface area contributed by atoms with Crippen LogP contribution in [0.5, 0.6) is 0 Å². The molecule has 0 aromatic carbocycles. The molecule has 3 unspecified atom stereocenters. The van der Waals surface area contributed by atoms with Gasteiger partial charge in [-0.3, -0.25) is 0 Å². The minimum atomic E-state index is 0.826. The van der Waals surface area contributed by atoms with Gasteiger partial charge in [0.2, 0.25) is 0 Å². The lowest BCUT2D eigenvalue weighted by Gasteiger charge is -2.22. The first kappa shape index (κ1) is 12.1. The number of aromatic nitrogens is 4. The van der Waals surface area contributed by atoms with Gasteiger partial charge in [0.15, 0.2) is 11.5 Å². The second-order valence-electron chi connectivity index (χ2n) is 6.27. The van der Waals surface area contributed by atoms with Crippen molar-refractivity contribution < 1.29 is 0 Å². The predicted molar refractivity (Wildman–Crippen MR) is 77.6 cm³/mol. The summed E-state index contributed by atoms with van der Waals surface area (Å²) < 4.78 is 1.85. The van der Waals surface area contributed by atoms with E-state index in [-0.39, 0.29) is 0 Å². The molecule has 4 rings (SSSR count). The van der Waals surface area contributed by atoms with Crippen molar-refractivity contribution >= 4 is 11.5 Å². The van der Waals surface area contributed by atoms with Crippen LogP contribution >= 0.6 is 0 Å². The molecule has 0 radical (unpaired) electrons. The Kier molecular flexibility index (Phi) is 2.86. The van der Waals surface area contributed by atoms with Gasteiger partial charge >= 0.3 is 0 Å². The van der Waals surface area contributed by atoms with Crippen molar-refractivity contribution in [2.75, 3.05) is 11.9 Å². The van der Waals surface area contributed by atoms with E-state index >= 15 is 0 Å². The molecule has 1 N–H and O–H groups in total. The van der Waals surface area contributed by atoms with Gasteiger partial charge in [-0.1, -0.05) is 13.3 Å². The SMILES string of the molecule is CCc1nnc2ccc(NCC3CC4CCC3C4)nn12. The number of aryl methyl sites for hydroxylation is 1. The fourth-order valence-electron chi connectivity index (χ4n) is 4.01. The molecule has 2 aromatic rings. The first-order valence-corrected chi connectivity index (χ1v) is 7.78. The summed E-state index contributed by atoms with van der Waals surface area (Å²) in [5.74, 6) is 4.67. The van der Waals surface area contributed by atoms with E-state index in [4.69, 9.17) is 0 Å². The molecule has 20 heavy (non-hydrogen) atoms. The Bertz CT molecular complexity index is 620. The Balaban J connectivity index is 1.48. The Labute approximate surface area is 118 Å². The molecule has 2 aliphatic carbocycles. The van der Waals surface area contributed by atoms with Crippen LogP contribution in [0.4, 0.5) is 5.82 Å². The quantitative estimate of drug-likeness (QED) is 0.928. The molecule has 2 bridgehead atoms. The second kappa shape index (κ2) is 4.72. The van der Waals surface area contributed by atoms with Gasteiger partial charge in [-0.2, -0.15) is 4.52 Å². The number of hydrogen-bond donors (Lipinski definition) is 1. The van der Waals surface area contributed by atoms with E-state index in [0.717, 1.165) is 48.0 Å². The molecule has 5 nitrogen and oxygen atoms in total. The number of anilines is 1. The topological polar surface area (TPSA) is 55.1 Å². The van der Waals surface area contributed by atoms with E-state index in [9.17, 15) is 0 Å². The van der Waals surface area contributed by atoms with Crippen LogP contribution in [-0.4, -0.2) is 26.4 Å². The molecule has 3 atom stereocenters. The highest BCUT2D eigenvalue weighted by Gasteiger charge is 2.39. The summed E-state index contributed by atoms with van der Waals surface area (Å²) in [5, 5.41) is 16.4. The zero-order chi connectivity index (χ0) is 13.5. The number of fused-ring (bicyclic) bond motifs is 3. The molecular weight excluding hydrogens is 250 g/mol. The summed E-state index contributed by atoms with van der Waals surface area (Å²) in [6.07, 6.45) is 6.63. The van der Waals surface area contributed by atoms with Crippen LogP contribution in [0.25, 0.3) is 5.65 Å². The average molecular weight is 271 g/mol. The predicted octanol–water partition coefficient (Wildman–Crippen LogP) is 2.53. The van der Waals surface area contributed by atoms with Gasteiger partial charge < -0.3 is 5.32 Å². The monoisotopic (exact) mass is 271 g/mol. The van der Waals surface area contributed by atoms with E-state index < -0.39 is 0 Å². The molecule has 0 amide bonds. The maximum absolute atomic E-state index is 4.61. The first-order valence-electron chi connectivity index (χ1n) is 7.78. The van der Waals surface area contributed by atoms with Crippen LogP contribution in [0.3, 0.4) is 0 Å². The fraction of sp³-hybridized carbons (Fsp3) is 0.667. The highest BCUT2D eigenvalue weighted by molar-refractivity contribution is 5.44. The zero-order valence-corrected chi connectivity index (χ0v) is 11.9. The van der Waals surface area contributed by atoms with Gasteiger partial charge in [-0.05, 0) is 49.1 Å². The van der Waals surface area contributed by atoms with Crippen LogP contribution in [0.2, 0.25) is 0 Å². The first-order chi connectivity index (χ1) is 9.83. The summed E-state index contributed by atoms with van der Waals surface area (Å²) >= 11 is 0. The van der Waals surface area contributed by atoms with Gasteiger partial charge in [0, 0.05) is 13.0 Å². The van der Waals surface area contributed by atoms with Gasteiger partial charge in [-0.15, -0.1) is 15.3 Å². The fourth-order valence-corrected chi connectivity index (χ4v) is 4.01. The van der Waals surface area contributed by atoms with Crippen molar-refractivity contribution in [3.63, 3.8) is 0 Å². The summed E-state index contributed by atoms with van der Waals surface area (Å²) in [5.41, 5.74) is 0.826. The molecule has 2 heterocycles. The number of rotatable bonds is 4. The lowest BCUT2D eigenvalue weighted by Crippen LogP contribution is -2.20. The molecular formula is C15H21N5. The van der Waals surface area contributed by atoms with Gasteiger partial charge in [0.25, 0.3) is 0 Å². The number of hydrogen-bond acceptors (Lipinski definition) is 4. The van der Waals surface area contributed by atoms with Gasteiger partial charge in [-0.25, -0.2) is 0 Å². The molecule has 2 fully saturated rings. The number of nitrogens with one attached hydrogen (secondary N) is 1. The van der Waals surface area contributed by atoms with E-state index in [1.807, 2.05) is 16.6 Å². The van der Waals surface area contributed by atoms with Crippen molar-refractivity contribution in [2.45, 2.75) is 39.0 Å². The van der Waals surface area contributed by atoms with Crippen LogP contribution in [0.1, 0.15) is 38.4 Å². The Morgan fingerprint density at radius 1 is 1.25 bits per heavy atom. The maximum atomic E-state index is 4.61. The highest BCUT2D eigenvalue weighted by atomic mass is 15.4. The molecule has 0 spiro atoms. The summed E-state index contributed by atoms with van der Waals surface area (Å²) in [6.45, 7) is 3.14. The normalized spacial score (nSPS) is 28.4. The van der Waals surface area contributed by atoms with Crippen LogP contribution in [0.15, 0.2) is 12.1 Å². The van der Waals surface area contributed by atoms with Gasteiger partial charge in [0.1, 0.15) is 5.82 Å². The largest absolute Gasteiger partial charge is 0.368 e. The van der Waals surface area contributed by atoms with Crippen molar-refractivity contribution in [3.8, 4) is 0 Å². The molecule has 0 saturated heterocycles. The Hall–Kier alpha value is -1.65. The van der Waals surface area contributed by atoms with Crippen LogP contribution < -0.4 is 5.32 Å². The standard InChI is InChI=1S/C15H21N5/c1-2-14-17-18-15-6-5-13(19-20(14)15)16-9-12-8-10-3-4-11(12)7-10/h5-6,10-12H,2-4,7-9H2,1H3,(H,16,19). The molecule has 2 saturated carbocycles. The molecule has 2 aromatic heterocycles. The Morgan fingerprint density at radius 3 is 2.95 bits per heavy atom. The lowest BCUT2D eigenvalue weighted by molar-refractivity contribution is 0.348. The van der Waals surface area contributed by atoms with Crippen molar-refractivity contribution in [1.82, 2.24) is 19.8 Å². The van der Waals surface area contributed by atoms with E-state index in [2.05, 4.69) is 27.5 Å². The average Bonchev–Trinajstić information content (AvgIpc) is 3.19. The third-order valence-electron chi connectivity index (χ3n) is 5.07. The number of nitrogens with zero attached hydrogens (tertiary/aromatic N) is 4. The minimum absolute atomic E-state index is 0.826.